The van der Waals surface area contributed by atoms with E-state index in [9.17, 15) is 4.79 Å². The number of benzene rings is 2. The third-order valence-corrected chi connectivity index (χ3v) is 5.09. The molecule has 0 aromatic heterocycles. The molecular formula is C20H21ClN3O+. The first-order valence-electron chi connectivity index (χ1n) is 8.48. The zero-order chi connectivity index (χ0) is 17.8. The lowest BCUT2D eigenvalue weighted by Gasteiger charge is -2.30. The van der Waals surface area contributed by atoms with Crippen molar-refractivity contribution in [3.05, 3.63) is 64.2 Å². The van der Waals surface area contributed by atoms with Crippen LogP contribution in [0.2, 0.25) is 5.02 Å². The Hall–Kier alpha value is -2.35. The van der Waals surface area contributed by atoms with Gasteiger partial charge in [0, 0.05) is 17.7 Å². The van der Waals surface area contributed by atoms with Crippen molar-refractivity contribution in [1.82, 2.24) is 0 Å². The van der Waals surface area contributed by atoms with Gasteiger partial charge in [-0.2, -0.15) is 5.26 Å². The summed E-state index contributed by atoms with van der Waals surface area (Å²) in [6, 6.07) is 15.8. The lowest BCUT2D eigenvalue weighted by atomic mass is 9.87. The highest BCUT2D eigenvalue weighted by molar-refractivity contribution is 6.32. The van der Waals surface area contributed by atoms with Crippen LogP contribution in [0.25, 0.3) is 0 Å². The number of halogens is 1. The van der Waals surface area contributed by atoms with E-state index in [0.29, 0.717) is 28.9 Å². The summed E-state index contributed by atoms with van der Waals surface area (Å²) in [5.41, 5.74) is 3.78. The maximum atomic E-state index is 12.4. The molecule has 2 N–H and O–H groups in total. The Kier molecular flexibility index (Phi) is 5.37. The van der Waals surface area contributed by atoms with Gasteiger partial charge in [0.25, 0.3) is 5.91 Å². The second kappa shape index (κ2) is 7.69. The van der Waals surface area contributed by atoms with Crippen LogP contribution in [-0.2, 0) is 11.2 Å². The van der Waals surface area contributed by atoms with Crippen molar-refractivity contribution in [1.29, 1.82) is 5.26 Å². The van der Waals surface area contributed by atoms with E-state index >= 15 is 0 Å². The van der Waals surface area contributed by atoms with Crippen LogP contribution >= 0.6 is 11.6 Å². The first-order valence-corrected chi connectivity index (χ1v) is 8.86. The van der Waals surface area contributed by atoms with Gasteiger partial charge in [-0.1, -0.05) is 35.9 Å². The molecule has 128 valence electrons. The number of fused-ring (bicyclic) bond motifs is 1. The fourth-order valence-electron chi connectivity index (χ4n) is 3.53. The smallest absolute Gasteiger partial charge is 0.279 e. The molecule has 2 atom stereocenters. The Balaban J connectivity index is 1.66. The third kappa shape index (κ3) is 4.01. The predicted molar refractivity (Wildman–Crippen MR) is 98.7 cm³/mol. The van der Waals surface area contributed by atoms with Gasteiger partial charge in [-0.25, -0.2) is 0 Å². The van der Waals surface area contributed by atoms with Gasteiger partial charge in [0.1, 0.15) is 12.1 Å². The molecule has 0 bridgehead atoms. The minimum absolute atomic E-state index is 0.0543. The number of nitrogens with one attached hydrogen (secondary N) is 2. The normalized spacial score (nSPS) is 17.2. The maximum absolute atomic E-state index is 12.4. The summed E-state index contributed by atoms with van der Waals surface area (Å²) >= 11 is 6.02. The van der Waals surface area contributed by atoms with E-state index in [-0.39, 0.29) is 5.91 Å². The lowest BCUT2D eigenvalue weighted by Crippen LogP contribution is -3.10. The van der Waals surface area contributed by atoms with Crippen LogP contribution in [0, 0.1) is 11.3 Å². The zero-order valence-electron chi connectivity index (χ0n) is 14.2. The highest BCUT2D eigenvalue weighted by atomic mass is 35.5. The third-order valence-electron chi connectivity index (χ3n) is 4.78. The SMILES string of the molecule is C[NH+](CC(=O)Nc1ccc(C#N)c(Cl)c1)[C@H]1CCCc2ccccc21. The van der Waals surface area contributed by atoms with E-state index in [4.69, 9.17) is 16.9 Å². The maximum Gasteiger partial charge on any atom is 0.279 e. The number of nitrogens with zero attached hydrogens (tertiary/aromatic N) is 1. The summed E-state index contributed by atoms with van der Waals surface area (Å²) in [5, 5.41) is 12.1. The van der Waals surface area contributed by atoms with Crippen molar-refractivity contribution < 1.29 is 9.69 Å². The molecule has 3 rings (SSSR count). The molecule has 1 amide bonds. The number of nitriles is 1. The van der Waals surface area contributed by atoms with Crippen LogP contribution in [0.15, 0.2) is 42.5 Å². The minimum atomic E-state index is -0.0543. The van der Waals surface area contributed by atoms with E-state index in [0.717, 1.165) is 19.3 Å². The molecule has 0 heterocycles. The van der Waals surface area contributed by atoms with Crippen molar-refractivity contribution in [3.8, 4) is 6.07 Å². The fourth-order valence-corrected chi connectivity index (χ4v) is 3.75. The second-order valence-corrected chi connectivity index (χ2v) is 6.93. The Morgan fingerprint density at radius 2 is 2.16 bits per heavy atom. The predicted octanol–water partition coefficient (Wildman–Crippen LogP) is 2.74. The Morgan fingerprint density at radius 3 is 2.92 bits per heavy atom. The molecule has 0 saturated carbocycles. The van der Waals surface area contributed by atoms with Gasteiger partial charge in [-0.15, -0.1) is 0 Å². The summed E-state index contributed by atoms with van der Waals surface area (Å²) in [6.45, 7) is 0.386. The van der Waals surface area contributed by atoms with Crippen molar-refractivity contribution in [2.24, 2.45) is 0 Å². The summed E-state index contributed by atoms with van der Waals surface area (Å²) in [7, 11) is 2.07. The Labute approximate surface area is 153 Å². The Morgan fingerprint density at radius 1 is 1.36 bits per heavy atom. The van der Waals surface area contributed by atoms with Crippen LogP contribution < -0.4 is 10.2 Å². The molecule has 4 nitrogen and oxygen atoms in total. The molecule has 2 aromatic rings. The van der Waals surface area contributed by atoms with Crippen LogP contribution in [0.4, 0.5) is 5.69 Å². The van der Waals surface area contributed by atoms with E-state index < -0.39 is 0 Å². The van der Waals surface area contributed by atoms with Crippen LogP contribution in [-0.4, -0.2) is 19.5 Å². The van der Waals surface area contributed by atoms with Gasteiger partial charge in [-0.3, -0.25) is 4.79 Å². The molecular weight excluding hydrogens is 334 g/mol. The number of amides is 1. The number of carbonyl (C=O) groups excluding carboxylic acids is 1. The molecule has 0 radical (unpaired) electrons. The number of hydrogen-bond donors (Lipinski definition) is 2. The van der Waals surface area contributed by atoms with Gasteiger partial charge in [0.15, 0.2) is 6.54 Å². The van der Waals surface area contributed by atoms with Gasteiger partial charge >= 0.3 is 0 Å². The van der Waals surface area contributed by atoms with Crippen LogP contribution in [0.3, 0.4) is 0 Å². The molecule has 1 aliphatic carbocycles. The fraction of sp³-hybridized carbons (Fsp3) is 0.300. The molecule has 1 aliphatic rings. The average molecular weight is 355 g/mol. The van der Waals surface area contributed by atoms with Crippen LogP contribution in [0.1, 0.15) is 35.6 Å². The number of carbonyl (C=O) groups is 1. The van der Waals surface area contributed by atoms with E-state index in [1.54, 1.807) is 18.2 Å². The monoisotopic (exact) mass is 354 g/mol. The van der Waals surface area contributed by atoms with Gasteiger partial charge in [0.2, 0.25) is 0 Å². The molecule has 25 heavy (non-hydrogen) atoms. The summed E-state index contributed by atoms with van der Waals surface area (Å²) < 4.78 is 0. The number of hydrogen-bond acceptors (Lipinski definition) is 2. The largest absolute Gasteiger partial charge is 0.323 e. The first kappa shape index (κ1) is 17.5. The number of quaternary nitrogens is 1. The van der Waals surface area contributed by atoms with Crippen molar-refractivity contribution in [2.75, 3.05) is 18.9 Å². The van der Waals surface area contributed by atoms with Crippen molar-refractivity contribution in [2.45, 2.75) is 25.3 Å². The number of aryl methyl sites for hydroxylation is 1. The Bertz CT molecular complexity index is 828. The van der Waals surface area contributed by atoms with E-state index in [1.807, 2.05) is 6.07 Å². The highest BCUT2D eigenvalue weighted by Gasteiger charge is 2.27. The quantitative estimate of drug-likeness (QED) is 0.887. The van der Waals surface area contributed by atoms with Crippen LogP contribution in [0.5, 0.6) is 0 Å². The topological polar surface area (TPSA) is 57.3 Å². The molecule has 5 heteroatoms. The van der Waals surface area contributed by atoms with Gasteiger partial charge < -0.3 is 10.2 Å². The number of likely N-dealkylation sites (N-methyl/N-ethyl adjacent to an activating group) is 1. The molecule has 0 spiro atoms. The second-order valence-electron chi connectivity index (χ2n) is 6.52. The van der Waals surface area contributed by atoms with Gasteiger partial charge in [0.05, 0.1) is 17.6 Å². The molecule has 2 aromatic carbocycles. The van der Waals surface area contributed by atoms with Crippen molar-refractivity contribution >= 4 is 23.2 Å². The highest BCUT2D eigenvalue weighted by Crippen LogP contribution is 2.27. The lowest BCUT2D eigenvalue weighted by molar-refractivity contribution is -0.905. The van der Waals surface area contributed by atoms with E-state index in [2.05, 4.69) is 36.6 Å². The summed E-state index contributed by atoms with van der Waals surface area (Å²) in [5.74, 6) is -0.0543. The molecule has 0 aliphatic heterocycles. The van der Waals surface area contributed by atoms with Gasteiger partial charge in [-0.05, 0) is 36.6 Å². The zero-order valence-corrected chi connectivity index (χ0v) is 14.9. The van der Waals surface area contributed by atoms with E-state index in [1.165, 1.54) is 16.0 Å². The van der Waals surface area contributed by atoms with Crippen molar-refractivity contribution in [3.63, 3.8) is 0 Å². The number of anilines is 1. The molecule has 0 fully saturated rings. The minimum Gasteiger partial charge on any atom is -0.323 e. The molecule has 0 saturated heterocycles. The standard InChI is InChI=1S/C20H20ClN3O/c1-24(19-8-4-6-14-5-2-3-7-17(14)19)13-20(25)23-16-10-9-15(12-22)18(21)11-16/h2-3,5,7,9-11,19H,4,6,8,13H2,1H3,(H,23,25)/p+1/t19-/m0/s1. The summed E-state index contributed by atoms with van der Waals surface area (Å²) in [6.07, 6.45) is 3.38. The number of rotatable bonds is 4. The molecule has 1 unspecified atom stereocenters. The average Bonchev–Trinajstić information content (AvgIpc) is 2.61. The summed E-state index contributed by atoms with van der Waals surface area (Å²) in [4.78, 5) is 13.6. The first-order chi connectivity index (χ1) is 12.1.